The Labute approximate surface area is 164 Å². The highest BCUT2D eigenvalue weighted by Crippen LogP contribution is 2.28. The largest absolute Gasteiger partial charge is 0.487 e. The molecule has 0 aliphatic rings. The Bertz CT molecular complexity index is 893. The molecule has 0 bridgehead atoms. The molecule has 1 aromatic carbocycles. The first kappa shape index (κ1) is 22.9. The molecule has 1 unspecified atom stereocenters. The molecule has 0 radical (unpaired) electrons. The molecule has 0 spiro atoms. The van der Waals surface area contributed by atoms with Gasteiger partial charge in [0.1, 0.15) is 12.4 Å². The van der Waals surface area contributed by atoms with E-state index in [9.17, 15) is 8.42 Å². The van der Waals surface area contributed by atoms with Gasteiger partial charge in [0, 0.05) is 6.20 Å². The fourth-order valence-electron chi connectivity index (χ4n) is 2.09. The highest BCUT2D eigenvalue weighted by molar-refractivity contribution is 7.91. The molecule has 0 aliphatic heterocycles. The van der Waals surface area contributed by atoms with Crippen LogP contribution in [0.5, 0.6) is 5.75 Å². The summed E-state index contributed by atoms with van der Waals surface area (Å²) in [5.74, 6) is 6.44. The molecule has 6 N–H and O–H groups in total. The summed E-state index contributed by atoms with van der Waals surface area (Å²) in [4.78, 5) is 3.98. The van der Waals surface area contributed by atoms with Crippen LogP contribution in [0.25, 0.3) is 10.2 Å². The van der Waals surface area contributed by atoms with Gasteiger partial charge >= 0.3 is 0 Å². The zero-order chi connectivity index (χ0) is 20.6. The number of hydrazine groups is 1. The standard InChI is InChI=1S/C15H21N5O3S2.C2H6/c1-3-11(4-2)20(17)8-10(16)9-23-12-5-6-13-14(7-12)24-15(19-13)25(18,21)22;1-2/h3,5-8,11H,1,4,9,16-17H2,2H3,(H2,18,21,22);1-2H3/b10-8-;. The Kier molecular flexibility index (Phi) is 8.70. The molecule has 0 fully saturated rings. The molecular weight excluding hydrogens is 386 g/mol. The minimum absolute atomic E-state index is 0.0104. The van der Waals surface area contributed by atoms with Crippen molar-refractivity contribution in [2.24, 2.45) is 16.7 Å². The lowest BCUT2D eigenvalue weighted by molar-refractivity contribution is 0.308. The van der Waals surface area contributed by atoms with Crippen LogP contribution in [0, 0.1) is 0 Å². The molecule has 1 atom stereocenters. The van der Waals surface area contributed by atoms with E-state index in [0.717, 1.165) is 17.8 Å². The van der Waals surface area contributed by atoms with Gasteiger partial charge in [0.25, 0.3) is 10.0 Å². The number of fused-ring (bicyclic) bond motifs is 1. The smallest absolute Gasteiger partial charge is 0.265 e. The topological polar surface area (TPSA) is 138 Å². The lowest BCUT2D eigenvalue weighted by atomic mass is 10.2. The van der Waals surface area contributed by atoms with E-state index in [1.807, 2.05) is 20.8 Å². The van der Waals surface area contributed by atoms with Crippen LogP contribution in [0.4, 0.5) is 0 Å². The second-order valence-electron chi connectivity index (χ2n) is 5.31. The lowest BCUT2D eigenvalue weighted by Gasteiger charge is -2.22. The number of thiazole rings is 1. The van der Waals surface area contributed by atoms with Gasteiger partial charge in [-0.1, -0.05) is 26.8 Å². The molecule has 10 heteroatoms. The van der Waals surface area contributed by atoms with Crippen LogP contribution in [0.15, 0.2) is 47.1 Å². The third-order valence-corrected chi connectivity index (χ3v) is 5.72. The Morgan fingerprint density at radius 3 is 2.67 bits per heavy atom. The SMILES string of the molecule is C=CC(CC)N(N)/C=C(\N)COc1ccc2nc(S(N)(=O)=O)sc2c1.CC. The van der Waals surface area contributed by atoms with Gasteiger partial charge in [0.15, 0.2) is 0 Å². The van der Waals surface area contributed by atoms with E-state index in [0.29, 0.717) is 21.7 Å². The summed E-state index contributed by atoms with van der Waals surface area (Å²) in [6.45, 7) is 9.85. The summed E-state index contributed by atoms with van der Waals surface area (Å²) in [5.41, 5.74) is 6.90. The monoisotopic (exact) mass is 413 g/mol. The number of ether oxygens (including phenoxy) is 1. The normalized spacial score (nSPS) is 12.9. The highest BCUT2D eigenvalue weighted by Gasteiger charge is 2.15. The van der Waals surface area contributed by atoms with Crippen LogP contribution >= 0.6 is 11.3 Å². The van der Waals surface area contributed by atoms with Crippen LogP contribution in [0.2, 0.25) is 0 Å². The molecule has 8 nitrogen and oxygen atoms in total. The Balaban J connectivity index is 0.00000176. The van der Waals surface area contributed by atoms with Crippen LogP contribution in [0.3, 0.4) is 0 Å². The fourth-order valence-corrected chi connectivity index (χ4v) is 3.77. The van der Waals surface area contributed by atoms with Gasteiger partial charge in [0.05, 0.1) is 22.0 Å². The van der Waals surface area contributed by atoms with Crippen molar-refractivity contribution in [3.05, 3.63) is 42.8 Å². The summed E-state index contributed by atoms with van der Waals surface area (Å²) < 4.78 is 28.9. The predicted molar refractivity (Wildman–Crippen MR) is 110 cm³/mol. The lowest BCUT2D eigenvalue weighted by Crippen LogP contribution is -2.36. The molecule has 0 saturated carbocycles. The van der Waals surface area contributed by atoms with Crippen LogP contribution < -0.4 is 21.5 Å². The number of hydrogen-bond donors (Lipinski definition) is 3. The van der Waals surface area contributed by atoms with E-state index in [1.165, 1.54) is 5.01 Å². The van der Waals surface area contributed by atoms with Crippen molar-refractivity contribution in [1.82, 2.24) is 9.99 Å². The average Bonchev–Trinajstić information content (AvgIpc) is 3.06. The van der Waals surface area contributed by atoms with Crippen molar-refractivity contribution in [2.75, 3.05) is 6.61 Å². The zero-order valence-corrected chi connectivity index (χ0v) is 17.4. The molecule has 2 rings (SSSR count). The summed E-state index contributed by atoms with van der Waals surface area (Å²) in [6.07, 6.45) is 4.14. The molecule has 150 valence electrons. The Morgan fingerprint density at radius 2 is 2.11 bits per heavy atom. The van der Waals surface area contributed by atoms with Crippen molar-refractivity contribution in [1.29, 1.82) is 0 Å². The van der Waals surface area contributed by atoms with Gasteiger partial charge in [-0.15, -0.1) is 17.9 Å². The van der Waals surface area contributed by atoms with Gasteiger partial charge in [-0.2, -0.15) is 0 Å². The summed E-state index contributed by atoms with van der Waals surface area (Å²) in [6, 6.07) is 5.02. The first-order valence-corrected chi connectivity index (χ1v) is 10.8. The van der Waals surface area contributed by atoms with Crippen molar-refractivity contribution < 1.29 is 13.2 Å². The van der Waals surface area contributed by atoms with Crippen molar-refractivity contribution in [2.45, 2.75) is 37.6 Å². The third kappa shape index (κ3) is 6.51. The van der Waals surface area contributed by atoms with Gasteiger partial charge in [-0.25, -0.2) is 24.4 Å². The molecule has 1 heterocycles. The van der Waals surface area contributed by atoms with E-state index in [2.05, 4.69) is 11.6 Å². The van der Waals surface area contributed by atoms with Gasteiger partial charge in [-0.3, -0.25) is 0 Å². The average molecular weight is 414 g/mol. The summed E-state index contributed by atoms with van der Waals surface area (Å²) in [7, 11) is -3.82. The predicted octanol–water partition coefficient (Wildman–Crippen LogP) is 2.29. The molecule has 0 saturated heterocycles. The molecule has 0 aliphatic carbocycles. The van der Waals surface area contributed by atoms with E-state index in [1.54, 1.807) is 30.5 Å². The molecule has 27 heavy (non-hydrogen) atoms. The maximum Gasteiger partial charge on any atom is 0.265 e. The number of primary sulfonamides is 1. The van der Waals surface area contributed by atoms with Crippen molar-refractivity contribution in [3.8, 4) is 5.75 Å². The van der Waals surface area contributed by atoms with Crippen LogP contribution in [-0.4, -0.2) is 31.1 Å². The van der Waals surface area contributed by atoms with Gasteiger partial charge in [0.2, 0.25) is 4.34 Å². The maximum absolute atomic E-state index is 11.4. The molecule has 2 aromatic rings. The van der Waals surface area contributed by atoms with E-state index < -0.39 is 10.0 Å². The first-order valence-electron chi connectivity index (χ1n) is 8.42. The quantitative estimate of drug-likeness (QED) is 0.343. The highest BCUT2D eigenvalue weighted by atomic mass is 32.2. The van der Waals surface area contributed by atoms with Gasteiger partial charge in [-0.05, 0) is 24.6 Å². The number of benzene rings is 1. The minimum atomic E-state index is -3.82. The van der Waals surface area contributed by atoms with Crippen molar-refractivity contribution >= 4 is 31.6 Å². The molecular formula is C17H27N5O3S2. The summed E-state index contributed by atoms with van der Waals surface area (Å²) in [5, 5.41) is 6.57. The third-order valence-electron chi connectivity index (χ3n) is 3.38. The number of aromatic nitrogens is 1. The Morgan fingerprint density at radius 1 is 1.44 bits per heavy atom. The van der Waals surface area contributed by atoms with Crippen LogP contribution in [0.1, 0.15) is 27.2 Å². The maximum atomic E-state index is 11.4. The first-order chi connectivity index (χ1) is 12.7. The summed E-state index contributed by atoms with van der Waals surface area (Å²) >= 11 is 0.984. The minimum Gasteiger partial charge on any atom is -0.487 e. The zero-order valence-electron chi connectivity index (χ0n) is 15.8. The Hall–Kier alpha value is -2.14. The van der Waals surface area contributed by atoms with Crippen molar-refractivity contribution in [3.63, 3.8) is 0 Å². The fraction of sp³-hybridized carbons (Fsp3) is 0.353. The molecule has 0 amide bonds. The number of nitrogens with two attached hydrogens (primary N) is 3. The van der Waals surface area contributed by atoms with E-state index >= 15 is 0 Å². The number of sulfonamides is 1. The molecule has 1 aromatic heterocycles. The number of nitrogens with zero attached hydrogens (tertiary/aromatic N) is 2. The number of rotatable bonds is 8. The number of hydrogen-bond acceptors (Lipinski definition) is 8. The second-order valence-corrected chi connectivity index (χ2v) is 8.07. The van der Waals surface area contributed by atoms with E-state index in [-0.39, 0.29) is 17.0 Å². The van der Waals surface area contributed by atoms with Gasteiger partial charge < -0.3 is 15.5 Å². The van der Waals surface area contributed by atoms with Crippen LogP contribution in [-0.2, 0) is 10.0 Å². The second kappa shape index (κ2) is 10.3. The van der Waals surface area contributed by atoms with E-state index in [4.69, 9.17) is 21.5 Å².